The fourth-order valence-electron chi connectivity index (χ4n) is 4.09. The Morgan fingerprint density at radius 3 is 2.50 bits per heavy atom. The van der Waals surface area contributed by atoms with Crippen molar-refractivity contribution in [2.24, 2.45) is 5.73 Å². The van der Waals surface area contributed by atoms with E-state index in [0.29, 0.717) is 11.3 Å². The zero-order valence-corrected chi connectivity index (χ0v) is 17.5. The van der Waals surface area contributed by atoms with Crippen LogP contribution in [0.4, 0.5) is 5.69 Å². The van der Waals surface area contributed by atoms with E-state index in [4.69, 9.17) is 15.2 Å². The minimum atomic E-state index is -1.77. The molecule has 0 bridgehead atoms. The molecule has 0 aliphatic carbocycles. The Hall–Kier alpha value is -3.60. The number of carbonyl (C=O) groups excluding carboxylic acids is 3. The molecule has 0 radical (unpaired) electrons. The number of anilines is 1. The second-order valence-corrected chi connectivity index (χ2v) is 8.19. The highest BCUT2D eigenvalue weighted by molar-refractivity contribution is 6.20. The van der Waals surface area contributed by atoms with E-state index >= 15 is 0 Å². The van der Waals surface area contributed by atoms with Crippen LogP contribution >= 0.6 is 0 Å². The van der Waals surface area contributed by atoms with Crippen molar-refractivity contribution in [3.63, 3.8) is 0 Å². The molecule has 0 fully saturated rings. The number of ketones is 1. The molecular formula is C22H23N3O5. The van der Waals surface area contributed by atoms with Crippen LogP contribution < -0.4 is 10.6 Å². The van der Waals surface area contributed by atoms with Crippen LogP contribution in [0.15, 0.2) is 47.1 Å². The first-order chi connectivity index (χ1) is 13.9. The van der Waals surface area contributed by atoms with Gasteiger partial charge >= 0.3 is 5.97 Å². The van der Waals surface area contributed by atoms with Crippen molar-refractivity contribution in [1.29, 1.82) is 5.26 Å². The molecule has 2 N–H and O–H groups in total. The highest BCUT2D eigenvalue weighted by Gasteiger charge is 2.61. The molecular weight excluding hydrogens is 386 g/mol. The maximum atomic E-state index is 13.9. The van der Waals surface area contributed by atoms with Gasteiger partial charge < -0.3 is 15.2 Å². The zero-order valence-electron chi connectivity index (χ0n) is 17.5. The van der Waals surface area contributed by atoms with Gasteiger partial charge in [0.1, 0.15) is 35.0 Å². The topological polar surface area (TPSA) is 123 Å². The summed E-state index contributed by atoms with van der Waals surface area (Å²) >= 11 is 0. The molecule has 1 atom stereocenters. The van der Waals surface area contributed by atoms with Crippen molar-refractivity contribution in [2.45, 2.75) is 45.6 Å². The summed E-state index contributed by atoms with van der Waals surface area (Å²) in [6.45, 7) is 7.61. The predicted molar refractivity (Wildman–Crippen MR) is 108 cm³/mol. The number of fused-ring (bicyclic) bond motifs is 2. The van der Waals surface area contributed by atoms with E-state index in [1.807, 2.05) is 6.07 Å². The average molecular weight is 409 g/mol. The molecule has 2 heterocycles. The summed E-state index contributed by atoms with van der Waals surface area (Å²) in [6, 6.07) is 8.65. The van der Waals surface area contributed by atoms with Crippen molar-refractivity contribution >= 4 is 23.3 Å². The number of allylic oxidation sites excluding steroid dienone is 1. The van der Waals surface area contributed by atoms with Crippen LogP contribution in [-0.4, -0.2) is 29.8 Å². The first-order valence-electron chi connectivity index (χ1n) is 9.39. The molecule has 1 amide bonds. The maximum Gasteiger partial charge on any atom is 0.326 e. The minimum absolute atomic E-state index is 0.0254. The number of nitrogens with two attached hydrogens (primary N) is 1. The van der Waals surface area contributed by atoms with E-state index in [9.17, 15) is 19.6 Å². The lowest BCUT2D eigenvalue weighted by Gasteiger charge is -2.34. The van der Waals surface area contributed by atoms with Crippen LogP contribution in [0.25, 0.3) is 0 Å². The van der Waals surface area contributed by atoms with E-state index in [2.05, 4.69) is 0 Å². The number of nitriles is 1. The van der Waals surface area contributed by atoms with Crippen LogP contribution in [-0.2, 0) is 29.3 Å². The number of ether oxygens (including phenoxy) is 2. The number of hydrogen-bond acceptors (Lipinski definition) is 7. The summed E-state index contributed by atoms with van der Waals surface area (Å²) in [5.41, 5.74) is 4.11. The predicted octanol–water partition coefficient (Wildman–Crippen LogP) is 2.20. The van der Waals surface area contributed by atoms with Crippen molar-refractivity contribution in [3.8, 4) is 6.07 Å². The van der Waals surface area contributed by atoms with Gasteiger partial charge in [0, 0.05) is 11.3 Å². The monoisotopic (exact) mass is 409 g/mol. The molecule has 30 heavy (non-hydrogen) atoms. The molecule has 1 aromatic rings. The lowest BCUT2D eigenvalue weighted by Crippen LogP contribution is -2.49. The Bertz CT molecular complexity index is 1070. The number of rotatable bonds is 3. The maximum absolute atomic E-state index is 13.9. The quantitative estimate of drug-likeness (QED) is 0.759. The Morgan fingerprint density at radius 1 is 1.30 bits per heavy atom. The van der Waals surface area contributed by atoms with Gasteiger partial charge in [0.15, 0.2) is 5.78 Å². The van der Waals surface area contributed by atoms with E-state index in [1.165, 1.54) is 18.7 Å². The van der Waals surface area contributed by atoms with Gasteiger partial charge in [-0.05, 0) is 40.7 Å². The summed E-state index contributed by atoms with van der Waals surface area (Å²) in [6.07, 6.45) is 0. The number of nitrogens with zero attached hydrogens (tertiary/aromatic N) is 2. The smallest absolute Gasteiger partial charge is 0.326 e. The largest absolute Gasteiger partial charge is 0.459 e. The summed E-state index contributed by atoms with van der Waals surface area (Å²) in [7, 11) is 0. The van der Waals surface area contributed by atoms with Crippen molar-refractivity contribution in [3.05, 3.63) is 52.6 Å². The number of Topliss-reactive ketones (excluding diaryl/α,β-unsaturated/α-hetero) is 1. The molecule has 1 unspecified atom stereocenters. The molecule has 2 aliphatic rings. The van der Waals surface area contributed by atoms with Gasteiger partial charge in [-0.3, -0.25) is 19.3 Å². The highest BCUT2D eigenvalue weighted by Crippen LogP contribution is 2.53. The van der Waals surface area contributed by atoms with Crippen LogP contribution in [0.5, 0.6) is 0 Å². The fourth-order valence-corrected chi connectivity index (χ4v) is 4.09. The standard InChI is InChI=1S/C22H23N3O5/c1-12(26)18-13(2)29-19(24)15(10-23)22(18)14-8-6-7-9-16(14)25(20(22)28)11-17(27)30-21(3,4)5/h6-9H,11,24H2,1-5H3. The molecule has 1 aromatic carbocycles. The number of benzene rings is 1. The summed E-state index contributed by atoms with van der Waals surface area (Å²) in [5.74, 6) is -1.78. The molecule has 0 aromatic heterocycles. The van der Waals surface area contributed by atoms with Gasteiger partial charge in [0.25, 0.3) is 0 Å². The van der Waals surface area contributed by atoms with Crippen LogP contribution in [0, 0.1) is 11.3 Å². The normalized spacial score (nSPS) is 20.8. The second-order valence-electron chi connectivity index (χ2n) is 8.19. The average Bonchev–Trinajstić information content (AvgIpc) is 2.84. The first kappa shape index (κ1) is 21.1. The summed E-state index contributed by atoms with van der Waals surface area (Å²) in [5, 5.41) is 9.87. The number of hydrogen-bond donors (Lipinski definition) is 1. The van der Waals surface area contributed by atoms with Gasteiger partial charge in [-0.1, -0.05) is 18.2 Å². The van der Waals surface area contributed by atoms with Gasteiger partial charge in [0.05, 0.1) is 5.57 Å². The van der Waals surface area contributed by atoms with E-state index < -0.39 is 28.7 Å². The van der Waals surface area contributed by atoms with E-state index in [1.54, 1.807) is 45.0 Å². The number of para-hydroxylation sites is 1. The van der Waals surface area contributed by atoms with Crippen LogP contribution in [0.2, 0.25) is 0 Å². The third-order valence-corrected chi connectivity index (χ3v) is 4.95. The third-order valence-electron chi connectivity index (χ3n) is 4.95. The number of amides is 1. The Morgan fingerprint density at radius 2 is 1.93 bits per heavy atom. The van der Waals surface area contributed by atoms with Gasteiger partial charge in [-0.15, -0.1) is 0 Å². The van der Waals surface area contributed by atoms with Crippen LogP contribution in [0.3, 0.4) is 0 Å². The number of carbonyl (C=O) groups is 3. The van der Waals surface area contributed by atoms with E-state index in [0.717, 1.165) is 0 Å². The fraction of sp³-hybridized carbons (Fsp3) is 0.364. The SMILES string of the molecule is CC(=O)C1=C(C)OC(N)=C(C#N)C12C(=O)N(CC(=O)OC(C)(C)C)c1ccccc12. The highest BCUT2D eigenvalue weighted by atomic mass is 16.6. The van der Waals surface area contributed by atoms with Gasteiger partial charge in [-0.2, -0.15) is 5.26 Å². The van der Waals surface area contributed by atoms with E-state index in [-0.39, 0.29) is 29.3 Å². The molecule has 3 rings (SSSR count). The van der Waals surface area contributed by atoms with Crippen molar-refractivity contribution in [2.75, 3.05) is 11.4 Å². The molecule has 156 valence electrons. The molecule has 8 nitrogen and oxygen atoms in total. The molecule has 2 aliphatic heterocycles. The van der Waals surface area contributed by atoms with Crippen LogP contribution in [0.1, 0.15) is 40.2 Å². The van der Waals surface area contributed by atoms with Crippen molar-refractivity contribution in [1.82, 2.24) is 0 Å². The molecule has 0 saturated heterocycles. The Labute approximate surface area is 174 Å². The second kappa shape index (κ2) is 7.02. The lowest BCUT2D eigenvalue weighted by molar-refractivity contribution is -0.153. The Balaban J connectivity index is 2.26. The number of esters is 1. The first-order valence-corrected chi connectivity index (χ1v) is 9.39. The lowest BCUT2D eigenvalue weighted by atomic mass is 9.67. The van der Waals surface area contributed by atoms with Crippen molar-refractivity contribution < 1.29 is 23.9 Å². The summed E-state index contributed by atoms with van der Waals surface area (Å²) < 4.78 is 10.8. The van der Waals surface area contributed by atoms with Gasteiger partial charge in [0.2, 0.25) is 11.8 Å². The molecule has 0 saturated carbocycles. The van der Waals surface area contributed by atoms with Gasteiger partial charge in [-0.25, -0.2) is 0 Å². The summed E-state index contributed by atoms with van der Waals surface area (Å²) in [4.78, 5) is 40.2. The minimum Gasteiger partial charge on any atom is -0.459 e. The zero-order chi connectivity index (χ0) is 22.4. The molecule has 8 heteroatoms. The molecule has 1 spiro atoms. The Kier molecular flexibility index (Phi) is 4.94. The third kappa shape index (κ3) is 3.03.